The second-order valence-corrected chi connectivity index (χ2v) is 9.46. The Morgan fingerprint density at radius 1 is 1.11 bits per heavy atom. The fourth-order valence-corrected chi connectivity index (χ4v) is 4.40. The molecule has 3 rings (SSSR count). The molecule has 27 heavy (non-hydrogen) atoms. The average molecular weight is 388 g/mol. The molecule has 2 aromatic rings. The van der Waals surface area contributed by atoms with Crippen molar-refractivity contribution in [3.8, 4) is 0 Å². The number of carbonyl (C=O) groups is 1. The van der Waals surface area contributed by atoms with Gasteiger partial charge in [-0.15, -0.1) is 0 Å². The zero-order valence-electron chi connectivity index (χ0n) is 15.5. The number of hydrogen-bond donors (Lipinski definition) is 1. The molecule has 1 saturated heterocycles. The van der Waals surface area contributed by atoms with Crippen LogP contribution in [0.2, 0.25) is 0 Å². The molecular weight excluding hydrogens is 362 g/mol. The summed E-state index contributed by atoms with van der Waals surface area (Å²) >= 11 is 0. The lowest BCUT2D eigenvalue weighted by atomic mass is 9.75. The van der Waals surface area contributed by atoms with Crippen LogP contribution >= 0.6 is 0 Å². The zero-order chi connectivity index (χ0) is 19.5. The van der Waals surface area contributed by atoms with Crippen molar-refractivity contribution in [2.24, 2.45) is 5.41 Å². The number of hydrogen-bond acceptors (Lipinski definition) is 4. The van der Waals surface area contributed by atoms with Gasteiger partial charge in [-0.1, -0.05) is 30.3 Å². The van der Waals surface area contributed by atoms with E-state index in [0.29, 0.717) is 18.7 Å². The highest BCUT2D eigenvalue weighted by molar-refractivity contribution is 7.90. The summed E-state index contributed by atoms with van der Waals surface area (Å²) < 4.78 is 23.2. The van der Waals surface area contributed by atoms with Crippen molar-refractivity contribution in [2.45, 2.75) is 24.2 Å². The normalized spacial score (nSPS) is 20.4. The molecule has 5 nitrogen and oxygen atoms in total. The Bertz CT molecular complexity index is 894. The predicted molar refractivity (Wildman–Crippen MR) is 104 cm³/mol. The highest BCUT2D eigenvalue weighted by Gasteiger charge is 2.37. The van der Waals surface area contributed by atoms with E-state index in [1.807, 2.05) is 30.3 Å². The monoisotopic (exact) mass is 387 g/mol. The van der Waals surface area contributed by atoms with Crippen LogP contribution in [0.15, 0.2) is 59.5 Å². The minimum Gasteiger partial charge on any atom is -0.396 e. The van der Waals surface area contributed by atoms with Crippen molar-refractivity contribution in [2.75, 3.05) is 26.0 Å². The quantitative estimate of drug-likeness (QED) is 0.856. The number of benzene rings is 2. The molecule has 1 aliphatic rings. The van der Waals surface area contributed by atoms with Crippen LogP contribution in [0.4, 0.5) is 0 Å². The van der Waals surface area contributed by atoms with Gasteiger partial charge in [0.25, 0.3) is 5.91 Å². The number of aliphatic hydroxyl groups excluding tert-OH is 1. The molecule has 144 valence electrons. The molecule has 1 unspecified atom stereocenters. The summed E-state index contributed by atoms with van der Waals surface area (Å²) in [5, 5.41) is 10.1. The smallest absolute Gasteiger partial charge is 0.253 e. The van der Waals surface area contributed by atoms with E-state index in [0.717, 1.165) is 31.1 Å². The fraction of sp³-hybridized carbons (Fsp3) is 0.381. The van der Waals surface area contributed by atoms with E-state index in [1.165, 1.54) is 12.1 Å². The Balaban J connectivity index is 1.77. The number of likely N-dealkylation sites (tertiary alicyclic amines) is 1. The molecule has 0 spiro atoms. The van der Waals surface area contributed by atoms with Crippen molar-refractivity contribution >= 4 is 15.7 Å². The average Bonchev–Trinajstić information content (AvgIpc) is 2.68. The van der Waals surface area contributed by atoms with E-state index >= 15 is 0 Å². The first-order valence-electron chi connectivity index (χ1n) is 9.07. The van der Waals surface area contributed by atoms with Gasteiger partial charge in [-0.05, 0) is 49.1 Å². The Labute approximate surface area is 160 Å². The summed E-state index contributed by atoms with van der Waals surface area (Å²) in [7, 11) is -3.29. The summed E-state index contributed by atoms with van der Waals surface area (Å²) in [5.41, 5.74) is 1.27. The summed E-state index contributed by atoms with van der Waals surface area (Å²) in [6.45, 7) is 1.16. The minimum absolute atomic E-state index is 0.0265. The molecule has 6 heteroatoms. The van der Waals surface area contributed by atoms with Gasteiger partial charge in [0.1, 0.15) is 0 Å². The molecular formula is C21H25NO4S. The van der Waals surface area contributed by atoms with Crippen LogP contribution in [0.25, 0.3) is 0 Å². The number of piperidine rings is 1. The lowest BCUT2D eigenvalue weighted by Gasteiger charge is -2.42. The zero-order valence-corrected chi connectivity index (χ0v) is 16.3. The molecule has 0 aliphatic carbocycles. The number of nitrogens with zero attached hydrogens (tertiary/aromatic N) is 1. The van der Waals surface area contributed by atoms with E-state index in [4.69, 9.17) is 0 Å². The Morgan fingerprint density at radius 2 is 1.78 bits per heavy atom. The third-order valence-electron chi connectivity index (χ3n) is 5.24. The van der Waals surface area contributed by atoms with Gasteiger partial charge in [-0.25, -0.2) is 8.42 Å². The van der Waals surface area contributed by atoms with Crippen LogP contribution < -0.4 is 0 Å². The first-order chi connectivity index (χ1) is 12.8. The SMILES string of the molecule is CS(=O)(=O)c1ccc(C(=O)N2CCCC(CO)(Cc3ccccc3)C2)cc1. The number of amides is 1. The molecule has 1 amide bonds. The van der Waals surface area contributed by atoms with Gasteiger partial charge in [0.15, 0.2) is 9.84 Å². The van der Waals surface area contributed by atoms with Crippen LogP contribution in [0.5, 0.6) is 0 Å². The maximum absolute atomic E-state index is 12.9. The van der Waals surface area contributed by atoms with E-state index in [-0.39, 0.29) is 22.8 Å². The van der Waals surface area contributed by atoms with Gasteiger partial charge in [0, 0.05) is 30.3 Å². The van der Waals surface area contributed by atoms with Crippen molar-refractivity contribution in [1.29, 1.82) is 0 Å². The molecule has 0 aromatic heterocycles. The predicted octanol–water partition coefficient (Wildman–Crippen LogP) is 2.55. The third kappa shape index (κ3) is 4.57. The molecule has 2 aromatic carbocycles. The summed E-state index contributed by atoms with van der Waals surface area (Å²) in [6, 6.07) is 16.1. The maximum Gasteiger partial charge on any atom is 0.253 e. The Kier molecular flexibility index (Phi) is 5.67. The Morgan fingerprint density at radius 3 is 2.37 bits per heavy atom. The van der Waals surface area contributed by atoms with Crippen LogP contribution in [0.1, 0.15) is 28.8 Å². The van der Waals surface area contributed by atoms with Crippen LogP contribution in [0.3, 0.4) is 0 Å². The van der Waals surface area contributed by atoms with Crippen molar-refractivity contribution < 1.29 is 18.3 Å². The lowest BCUT2D eigenvalue weighted by Crippen LogP contribution is -2.49. The summed E-state index contributed by atoms with van der Waals surface area (Å²) in [5.74, 6) is -0.124. The van der Waals surface area contributed by atoms with Gasteiger partial charge >= 0.3 is 0 Å². The van der Waals surface area contributed by atoms with Crippen molar-refractivity contribution in [3.63, 3.8) is 0 Å². The van der Waals surface area contributed by atoms with Crippen molar-refractivity contribution in [1.82, 2.24) is 4.90 Å². The first-order valence-corrected chi connectivity index (χ1v) is 11.0. The van der Waals surface area contributed by atoms with Crippen molar-refractivity contribution in [3.05, 3.63) is 65.7 Å². The largest absolute Gasteiger partial charge is 0.396 e. The van der Waals surface area contributed by atoms with Gasteiger partial charge in [-0.2, -0.15) is 0 Å². The molecule has 1 aliphatic heterocycles. The topological polar surface area (TPSA) is 74.7 Å². The third-order valence-corrected chi connectivity index (χ3v) is 6.36. The highest BCUT2D eigenvalue weighted by atomic mass is 32.2. The van der Waals surface area contributed by atoms with Gasteiger partial charge in [0.2, 0.25) is 0 Å². The standard InChI is InChI=1S/C21H25NO4S/c1-27(25,26)19-10-8-18(9-11-19)20(24)22-13-5-12-21(15-22,16-23)14-17-6-3-2-4-7-17/h2-4,6-11,23H,5,12-16H2,1H3. The summed E-state index contributed by atoms with van der Waals surface area (Å²) in [6.07, 6.45) is 3.57. The first kappa shape index (κ1) is 19.6. The number of carbonyl (C=O) groups excluding carboxylic acids is 1. The molecule has 1 N–H and O–H groups in total. The second-order valence-electron chi connectivity index (χ2n) is 7.45. The number of rotatable bonds is 5. The maximum atomic E-state index is 12.9. The molecule has 0 saturated carbocycles. The van der Waals surface area contributed by atoms with Gasteiger partial charge in [-0.3, -0.25) is 4.79 Å². The van der Waals surface area contributed by atoms with Crippen LogP contribution in [-0.4, -0.2) is 50.3 Å². The van der Waals surface area contributed by atoms with Gasteiger partial charge < -0.3 is 10.0 Å². The number of aliphatic hydroxyl groups is 1. The second kappa shape index (κ2) is 7.82. The van der Waals surface area contributed by atoms with Crippen LogP contribution in [-0.2, 0) is 16.3 Å². The highest BCUT2D eigenvalue weighted by Crippen LogP contribution is 2.34. The van der Waals surface area contributed by atoms with E-state index < -0.39 is 9.84 Å². The molecule has 0 radical (unpaired) electrons. The number of sulfone groups is 1. The fourth-order valence-electron chi connectivity index (χ4n) is 3.77. The molecule has 1 heterocycles. The Hall–Kier alpha value is -2.18. The van der Waals surface area contributed by atoms with E-state index in [2.05, 4.69) is 0 Å². The van der Waals surface area contributed by atoms with E-state index in [1.54, 1.807) is 17.0 Å². The minimum atomic E-state index is -3.29. The molecule has 0 bridgehead atoms. The molecule has 1 atom stereocenters. The molecule has 1 fully saturated rings. The van der Waals surface area contributed by atoms with Gasteiger partial charge in [0.05, 0.1) is 11.5 Å². The van der Waals surface area contributed by atoms with Crippen LogP contribution in [0, 0.1) is 5.41 Å². The lowest BCUT2D eigenvalue weighted by molar-refractivity contribution is 0.0271. The van der Waals surface area contributed by atoms with E-state index in [9.17, 15) is 18.3 Å². The summed E-state index contributed by atoms with van der Waals surface area (Å²) in [4.78, 5) is 14.9.